The van der Waals surface area contributed by atoms with Gasteiger partial charge in [-0.15, -0.1) is 0 Å². The van der Waals surface area contributed by atoms with Crippen molar-refractivity contribution in [1.82, 2.24) is 10.6 Å². The molecule has 5 nitrogen and oxygen atoms in total. The normalized spacial score (nSPS) is 11.8. The number of nitrogens with one attached hydrogen (secondary N) is 2. The van der Waals surface area contributed by atoms with Crippen LogP contribution in [-0.2, 0) is 4.79 Å². The predicted octanol–water partition coefficient (Wildman–Crippen LogP) is 2.56. The van der Waals surface area contributed by atoms with E-state index in [0.717, 1.165) is 12.1 Å². The van der Waals surface area contributed by atoms with E-state index in [1.165, 1.54) is 18.4 Å². The Kier molecular flexibility index (Phi) is 5.46. The second-order valence-corrected chi connectivity index (χ2v) is 4.95. The van der Waals surface area contributed by atoms with E-state index in [1.54, 1.807) is 13.0 Å². The Morgan fingerprint density at radius 2 is 2.00 bits per heavy atom. The first kappa shape index (κ1) is 16.7. The van der Waals surface area contributed by atoms with Crippen molar-refractivity contribution in [1.29, 1.82) is 0 Å². The lowest BCUT2D eigenvalue weighted by Crippen LogP contribution is -2.32. The first-order valence-corrected chi connectivity index (χ1v) is 7.03. The fourth-order valence-electron chi connectivity index (χ4n) is 1.96. The highest BCUT2D eigenvalue weighted by molar-refractivity contribution is 5.91. The average Bonchev–Trinajstić information content (AvgIpc) is 3.04. The zero-order chi connectivity index (χ0) is 16.8. The number of hydrogen-bond donors (Lipinski definition) is 2. The molecule has 0 bridgehead atoms. The SMILES string of the molecule is CC(NC(=O)CCNC(=O)c1ccco1)c1ccc(F)c(F)c1. The Morgan fingerprint density at radius 3 is 2.65 bits per heavy atom. The van der Waals surface area contributed by atoms with Gasteiger partial charge < -0.3 is 15.1 Å². The molecule has 2 aromatic rings. The lowest BCUT2D eigenvalue weighted by molar-refractivity contribution is -0.121. The first-order valence-electron chi connectivity index (χ1n) is 7.03. The fraction of sp³-hybridized carbons (Fsp3) is 0.250. The summed E-state index contributed by atoms with van der Waals surface area (Å²) in [6, 6.07) is 6.09. The predicted molar refractivity (Wildman–Crippen MR) is 78.6 cm³/mol. The van der Waals surface area contributed by atoms with Crippen molar-refractivity contribution in [3.05, 3.63) is 59.6 Å². The molecule has 0 saturated heterocycles. The largest absolute Gasteiger partial charge is 0.459 e. The summed E-state index contributed by atoms with van der Waals surface area (Å²) in [6.07, 6.45) is 1.44. The van der Waals surface area contributed by atoms with E-state index in [0.29, 0.717) is 5.56 Å². The van der Waals surface area contributed by atoms with Gasteiger partial charge in [-0.25, -0.2) is 8.78 Å². The zero-order valence-corrected chi connectivity index (χ0v) is 12.4. The summed E-state index contributed by atoms with van der Waals surface area (Å²) in [5.74, 6) is -2.46. The van der Waals surface area contributed by atoms with E-state index in [-0.39, 0.29) is 24.6 Å². The molecule has 1 aromatic heterocycles. The second kappa shape index (κ2) is 7.53. The summed E-state index contributed by atoms with van der Waals surface area (Å²) in [6.45, 7) is 1.79. The Hall–Kier alpha value is -2.70. The molecule has 0 aliphatic heterocycles. The lowest BCUT2D eigenvalue weighted by Gasteiger charge is -2.14. The molecule has 1 unspecified atom stereocenters. The maximum Gasteiger partial charge on any atom is 0.286 e. The van der Waals surface area contributed by atoms with E-state index in [9.17, 15) is 18.4 Å². The van der Waals surface area contributed by atoms with Crippen molar-refractivity contribution >= 4 is 11.8 Å². The standard InChI is InChI=1S/C16H16F2N2O3/c1-10(11-4-5-12(17)13(18)9-11)20-15(21)6-7-19-16(22)14-3-2-8-23-14/h2-5,8-10H,6-7H2,1H3,(H,19,22)(H,20,21). The molecular formula is C16H16F2N2O3. The van der Waals surface area contributed by atoms with Crippen LogP contribution in [0.1, 0.15) is 35.5 Å². The highest BCUT2D eigenvalue weighted by Crippen LogP contribution is 2.15. The van der Waals surface area contributed by atoms with Crippen LogP contribution in [-0.4, -0.2) is 18.4 Å². The van der Waals surface area contributed by atoms with Crippen molar-refractivity contribution in [2.24, 2.45) is 0 Å². The average molecular weight is 322 g/mol. The molecule has 0 radical (unpaired) electrons. The van der Waals surface area contributed by atoms with Crippen molar-refractivity contribution in [3.8, 4) is 0 Å². The van der Waals surface area contributed by atoms with Gasteiger partial charge in [0.05, 0.1) is 12.3 Å². The van der Waals surface area contributed by atoms with Crippen LogP contribution in [0.15, 0.2) is 41.0 Å². The van der Waals surface area contributed by atoms with Gasteiger partial charge in [0.25, 0.3) is 5.91 Å². The molecule has 23 heavy (non-hydrogen) atoms. The minimum Gasteiger partial charge on any atom is -0.459 e. The molecule has 2 amide bonds. The Morgan fingerprint density at radius 1 is 1.22 bits per heavy atom. The summed E-state index contributed by atoms with van der Waals surface area (Å²) in [4.78, 5) is 23.4. The number of carbonyl (C=O) groups is 2. The minimum atomic E-state index is -0.964. The Balaban J connectivity index is 1.77. The first-order chi connectivity index (χ1) is 11.0. The molecule has 1 atom stereocenters. The van der Waals surface area contributed by atoms with Crippen LogP contribution < -0.4 is 10.6 Å². The Labute approximate surface area is 131 Å². The number of benzene rings is 1. The number of hydrogen-bond acceptors (Lipinski definition) is 3. The van der Waals surface area contributed by atoms with Crippen molar-refractivity contribution in [2.75, 3.05) is 6.54 Å². The number of rotatable bonds is 6. The van der Waals surface area contributed by atoms with Crippen molar-refractivity contribution in [3.63, 3.8) is 0 Å². The molecule has 0 aliphatic carbocycles. The van der Waals surface area contributed by atoms with E-state index in [4.69, 9.17) is 4.42 Å². The summed E-state index contributed by atoms with van der Waals surface area (Å²) in [7, 11) is 0. The van der Waals surface area contributed by atoms with Gasteiger partial charge in [0, 0.05) is 13.0 Å². The van der Waals surface area contributed by atoms with E-state index in [1.807, 2.05) is 0 Å². The van der Waals surface area contributed by atoms with Gasteiger partial charge in [-0.2, -0.15) is 0 Å². The number of carbonyl (C=O) groups excluding carboxylic acids is 2. The van der Waals surface area contributed by atoms with E-state index in [2.05, 4.69) is 10.6 Å². The van der Waals surface area contributed by atoms with Gasteiger partial charge in [0.2, 0.25) is 5.91 Å². The minimum absolute atomic E-state index is 0.0560. The number of furan rings is 1. The van der Waals surface area contributed by atoms with Gasteiger partial charge in [0.15, 0.2) is 17.4 Å². The fourth-order valence-corrected chi connectivity index (χ4v) is 1.96. The maximum atomic E-state index is 13.2. The summed E-state index contributed by atoms with van der Waals surface area (Å²) in [5, 5.41) is 5.19. The zero-order valence-electron chi connectivity index (χ0n) is 12.4. The van der Waals surface area contributed by atoms with E-state index < -0.39 is 23.6 Å². The van der Waals surface area contributed by atoms with Crippen LogP contribution in [0.25, 0.3) is 0 Å². The Bertz CT molecular complexity index is 687. The van der Waals surface area contributed by atoms with Crippen LogP contribution in [0.3, 0.4) is 0 Å². The molecule has 0 saturated carbocycles. The highest BCUT2D eigenvalue weighted by Gasteiger charge is 2.13. The molecule has 0 aliphatic rings. The smallest absolute Gasteiger partial charge is 0.286 e. The maximum absolute atomic E-state index is 13.2. The second-order valence-electron chi connectivity index (χ2n) is 4.95. The third-order valence-electron chi connectivity index (χ3n) is 3.20. The van der Waals surface area contributed by atoms with Gasteiger partial charge in [0.1, 0.15) is 0 Å². The molecular weight excluding hydrogens is 306 g/mol. The summed E-state index contributed by atoms with van der Waals surface area (Å²) in [5.41, 5.74) is 0.455. The van der Waals surface area contributed by atoms with Gasteiger partial charge in [-0.05, 0) is 36.8 Å². The quantitative estimate of drug-likeness (QED) is 0.858. The summed E-state index contributed by atoms with van der Waals surface area (Å²) < 4.78 is 30.9. The van der Waals surface area contributed by atoms with Crippen LogP contribution in [0, 0.1) is 11.6 Å². The van der Waals surface area contributed by atoms with Gasteiger partial charge in [-0.3, -0.25) is 9.59 Å². The topological polar surface area (TPSA) is 71.3 Å². The molecule has 0 spiro atoms. The number of halogens is 2. The highest BCUT2D eigenvalue weighted by atomic mass is 19.2. The molecule has 7 heteroatoms. The van der Waals surface area contributed by atoms with Gasteiger partial charge in [-0.1, -0.05) is 6.07 Å². The van der Waals surface area contributed by atoms with Crippen molar-refractivity contribution in [2.45, 2.75) is 19.4 Å². The monoisotopic (exact) mass is 322 g/mol. The van der Waals surface area contributed by atoms with E-state index >= 15 is 0 Å². The molecule has 2 N–H and O–H groups in total. The van der Waals surface area contributed by atoms with Crippen LogP contribution >= 0.6 is 0 Å². The molecule has 1 heterocycles. The van der Waals surface area contributed by atoms with Gasteiger partial charge >= 0.3 is 0 Å². The van der Waals surface area contributed by atoms with Crippen LogP contribution in [0.5, 0.6) is 0 Å². The summed E-state index contributed by atoms with van der Waals surface area (Å²) >= 11 is 0. The molecule has 1 aromatic carbocycles. The van der Waals surface area contributed by atoms with Crippen LogP contribution in [0.4, 0.5) is 8.78 Å². The lowest BCUT2D eigenvalue weighted by atomic mass is 10.1. The molecule has 0 fully saturated rings. The molecule has 122 valence electrons. The third kappa shape index (κ3) is 4.64. The van der Waals surface area contributed by atoms with Crippen molar-refractivity contribution < 1.29 is 22.8 Å². The molecule has 2 rings (SSSR count). The number of amides is 2. The van der Waals surface area contributed by atoms with Crippen LogP contribution in [0.2, 0.25) is 0 Å². The third-order valence-corrected chi connectivity index (χ3v) is 3.20.